The molecule has 5 heteroatoms. The largest absolute Gasteiger partial charge is 0.330 e. The normalized spacial score (nSPS) is 18.1. The van der Waals surface area contributed by atoms with Gasteiger partial charge in [0.05, 0.1) is 15.9 Å². The number of rotatable bonds is 5. The van der Waals surface area contributed by atoms with E-state index in [0.29, 0.717) is 0 Å². The fourth-order valence-corrected chi connectivity index (χ4v) is 3.61. The highest BCUT2D eigenvalue weighted by Crippen LogP contribution is 2.26. The van der Waals surface area contributed by atoms with E-state index < -0.39 is 0 Å². The van der Waals surface area contributed by atoms with E-state index in [4.69, 9.17) is 5.73 Å². The minimum Gasteiger partial charge on any atom is -0.330 e. The first kappa shape index (κ1) is 15.0. The van der Waals surface area contributed by atoms with Crippen molar-refractivity contribution >= 4 is 15.9 Å². The molecule has 1 aliphatic heterocycles. The van der Waals surface area contributed by atoms with Crippen molar-refractivity contribution in [2.45, 2.75) is 39.2 Å². The Hall–Kier alpha value is -0.390. The van der Waals surface area contributed by atoms with E-state index in [0.717, 1.165) is 31.1 Å². The maximum atomic E-state index is 5.64. The molecule has 0 bridgehead atoms. The molecule has 1 aromatic rings. The summed E-state index contributed by atoms with van der Waals surface area (Å²) >= 11 is 3.70. The molecule has 0 atom stereocenters. The minimum absolute atomic E-state index is 0.831. The van der Waals surface area contributed by atoms with Gasteiger partial charge in [-0.2, -0.15) is 5.10 Å². The molecule has 108 valence electrons. The lowest BCUT2D eigenvalue weighted by atomic mass is 9.93. The summed E-state index contributed by atoms with van der Waals surface area (Å²) < 4.78 is 3.22. The van der Waals surface area contributed by atoms with Gasteiger partial charge in [-0.05, 0) is 67.2 Å². The lowest BCUT2D eigenvalue weighted by Gasteiger charge is -2.31. The Balaban J connectivity index is 1.94. The third-order valence-corrected chi connectivity index (χ3v) is 5.07. The van der Waals surface area contributed by atoms with Crippen molar-refractivity contribution < 1.29 is 0 Å². The molecule has 2 heterocycles. The van der Waals surface area contributed by atoms with Gasteiger partial charge in [-0.3, -0.25) is 9.58 Å². The van der Waals surface area contributed by atoms with Gasteiger partial charge in [0.15, 0.2) is 0 Å². The molecular formula is C14H25BrN4. The van der Waals surface area contributed by atoms with Crippen LogP contribution in [-0.4, -0.2) is 34.3 Å². The van der Waals surface area contributed by atoms with Crippen LogP contribution in [0.1, 0.15) is 37.6 Å². The smallest absolute Gasteiger partial charge is 0.0767 e. The van der Waals surface area contributed by atoms with Gasteiger partial charge in [-0.25, -0.2) is 0 Å². The van der Waals surface area contributed by atoms with E-state index in [1.165, 1.54) is 42.5 Å². The van der Waals surface area contributed by atoms with Crippen LogP contribution in [0.15, 0.2) is 4.47 Å². The molecule has 1 fully saturated rings. The van der Waals surface area contributed by atoms with Crippen molar-refractivity contribution in [2.24, 2.45) is 18.7 Å². The maximum absolute atomic E-state index is 5.64. The summed E-state index contributed by atoms with van der Waals surface area (Å²) in [5, 5.41) is 4.57. The van der Waals surface area contributed by atoms with E-state index in [2.05, 4.69) is 32.9 Å². The number of likely N-dealkylation sites (tertiary alicyclic amines) is 1. The van der Waals surface area contributed by atoms with Gasteiger partial charge in [-0.1, -0.05) is 6.92 Å². The van der Waals surface area contributed by atoms with E-state index in [1.807, 2.05) is 11.7 Å². The topological polar surface area (TPSA) is 47.1 Å². The van der Waals surface area contributed by atoms with Crippen LogP contribution in [-0.2, 0) is 20.0 Å². The number of nitrogens with zero attached hydrogens (tertiary/aromatic N) is 3. The van der Waals surface area contributed by atoms with Crippen LogP contribution in [0.25, 0.3) is 0 Å². The van der Waals surface area contributed by atoms with Crippen LogP contribution in [0.5, 0.6) is 0 Å². The predicted molar refractivity (Wildman–Crippen MR) is 82.0 cm³/mol. The Morgan fingerprint density at radius 3 is 2.58 bits per heavy atom. The summed E-state index contributed by atoms with van der Waals surface area (Å²) in [5.41, 5.74) is 8.11. The van der Waals surface area contributed by atoms with Gasteiger partial charge in [0, 0.05) is 13.6 Å². The van der Waals surface area contributed by atoms with Crippen LogP contribution in [0.4, 0.5) is 0 Å². The molecule has 0 saturated carbocycles. The van der Waals surface area contributed by atoms with E-state index in [9.17, 15) is 0 Å². The number of aryl methyl sites for hydroxylation is 2. The van der Waals surface area contributed by atoms with Gasteiger partial charge in [0.1, 0.15) is 0 Å². The van der Waals surface area contributed by atoms with E-state index in [-0.39, 0.29) is 0 Å². The molecule has 1 aliphatic rings. The summed E-state index contributed by atoms with van der Waals surface area (Å²) in [6.45, 7) is 6.35. The van der Waals surface area contributed by atoms with Crippen molar-refractivity contribution in [1.29, 1.82) is 0 Å². The van der Waals surface area contributed by atoms with Crippen molar-refractivity contribution in [3.05, 3.63) is 15.9 Å². The molecule has 0 spiro atoms. The Morgan fingerprint density at radius 1 is 1.37 bits per heavy atom. The molecule has 0 aromatic carbocycles. The van der Waals surface area contributed by atoms with Gasteiger partial charge >= 0.3 is 0 Å². The van der Waals surface area contributed by atoms with Crippen molar-refractivity contribution in [2.75, 3.05) is 19.6 Å². The van der Waals surface area contributed by atoms with Gasteiger partial charge < -0.3 is 5.73 Å². The summed E-state index contributed by atoms with van der Waals surface area (Å²) in [7, 11) is 2.04. The zero-order chi connectivity index (χ0) is 13.8. The molecule has 0 aliphatic carbocycles. The first-order valence-corrected chi connectivity index (χ1v) is 8.07. The second-order valence-electron chi connectivity index (χ2n) is 5.48. The van der Waals surface area contributed by atoms with Crippen LogP contribution in [0, 0.1) is 5.92 Å². The van der Waals surface area contributed by atoms with Crippen molar-refractivity contribution in [3.63, 3.8) is 0 Å². The van der Waals surface area contributed by atoms with Crippen LogP contribution in [0.3, 0.4) is 0 Å². The molecule has 2 N–H and O–H groups in total. The SMILES string of the molecule is CCc1nn(C)c(CN2CCC(CCN)CC2)c1Br. The molecule has 0 amide bonds. The number of aromatic nitrogens is 2. The highest BCUT2D eigenvalue weighted by molar-refractivity contribution is 9.10. The lowest BCUT2D eigenvalue weighted by molar-refractivity contribution is 0.170. The Morgan fingerprint density at radius 2 is 2.05 bits per heavy atom. The standard InChI is InChI=1S/C14H25BrN4/c1-3-12-14(15)13(18(2)17-12)10-19-8-5-11(4-7-16)6-9-19/h11H,3-10,16H2,1-2H3. The molecule has 2 rings (SSSR count). The Bertz CT molecular complexity index is 408. The highest BCUT2D eigenvalue weighted by Gasteiger charge is 2.21. The molecule has 0 radical (unpaired) electrons. The number of hydrogen-bond donors (Lipinski definition) is 1. The zero-order valence-corrected chi connectivity index (χ0v) is 13.6. The molecule has 19 heavy (non-hydrogen) atoms. The quantitative estimate of drug-likeness (QED) is 0.902. The Labute approximate surface area is 124 Å². The molecule has 4 nitrogen and oxygen atoms in total. The number of halogens is 1. The summed E-state index contributed by atoms with van der Waals surface area (Å²) in [5.74, 6) is 0.836. The second-order valence-corrected chi connectivity index (χ2v) is 6.27. The van der Waals surface area contributed by atoms with Gasteiger partial charge in [0.2, 0.25) is 0 Å². The highest BCUT2D eigenvalue weighted by atomic mass is 79.9. The third kappa shape index (κ3) is 3.58. The first-order valence-electron chi connectivity index (χ1n) is 7.28. The molecule has 1 saturated heterocycles. The van der Waals surface area contributed by atoms with Gasteiger partial charge in [0.25, 0.3) is 0 Å². The Kier molecular flexibility index (Phi) is 5.42. The monoisotopic (exact) mass is 328 g/mol. The van der Waals surface area contributed by atoms with Crippen LogP contribution < -0.4 is 5.73 Å². The summed E-state index contributed by atoms with van der Waals surface area (Å²) in [6, 6.07) is 0. The average molecular weight is 329 g/mol. The van der Waals surface area contributed by atoms with E-state index >= 15 is 0 Å². The average Bonchev–Trinajstić information content (AvgIpc) is 2.68. The zero-order valence-electron chi connectivity index (χ0n) is 12.0. The first-order chi connectivity index (χ1) is 9.15. The molecule has 1 aromatic heterocycles. The van der Waals surface area contributed by atoms with Crippen LogP contribution >= 0.6 is 15.9 Å². The second kappa shape index (κ2) is 6.86. The fraction of sp³-hybridized carbons (Fsp3) is 0.786. The van der Waals surface area contributed by atoms with Crippen molar-refractivity contribution in [3.8, 4) is 0 Å². The third-order valence-electron chi connectivity index (χ3n) is 4.16. The summed E-state index contributed by atoms with van der Waals surface area (Å²) in [6.07, 6.45) is 4.73. The minimum atomic E-state index is 0.831. The maximum Gasteiger partial charge on any atom is 0.0767 e. The van der Waals surface area contributed by atoms with Crippen molar-refractivity contribution in [1.82, 2.24) is 14.7 Å². The molecule has 0 unspecified atom stereocenters. The molecular weight excluding hydrogens is 304 g/mol. The van der Waals surface area contributed by atoms with Crippen LogP contribution in [0.2, 0.25) is 0 Å². The fourth-order valence-electron chi connectivity index (χ4n) is 2.87. The lowest BCUT2D eigenvalue weighted by Crippen LogP contribution is -2.34. The summed E-state index contributed by atoms with van der Waals surface area (Å²) in [4.78, 5) is 2.54. The number of hydrogen-bond acceptors (Lipinski definition) is 3. The van der Waals surface area contributed by atoms with E-state index in [1.54, 1.807) is 0 Å². The predicted octanol–water partition coefficient (Wildman–Crippen LogP) is 2.31. The number of piperidine rings is 1. The van der Waals surface area contributed by atoms with Gasteiger partial charge in [-0.15, -0.1) is 0 Å². The number of nitrogens with two attached hydrogens (primary N) is 1.